The summed E-state index contributed by atoms with van der Waals surface area (Å²) in [6.45, 7) is 4.60. The van der Waals surface area contributed by atoms with Crippen LogP contribution in [0.5, 0.6) is 11.5 Å². The number of benzene rings is 2. The predicted molar refractivity (Wildman–Crippen MR) is 109 cm³/mol. The van der Waals surface area contributed by atoms with Crippen molar-refractivity contribution in [2.24, 2.45) is 0 Å². The third kappa shape index (κ3) is 4.23. The zero-order valence-electron chi connectivity index (χ0n) is 15.4. The lowest BCUT2D eigenvalue weighted by atomic mass is 10.2. The molecule has 0 N–H and O–H groups in total. The van der Waals surface area contributed by atoms with Crippen LogP contribution < -0.4 is 14.4 Å². The van der Waals surface area contributed by atoms with Crippen LogP contribution in [0.3, 0.4) is 0 Å². The normalized spacial score (nSPS) is 15.6. The molecule has 1 aliphatic rings. The maximum Gasteiger partial charge on any atom is 0.243 e. The van der Waals surface area contributed by atoms with Crippen molar-refractivity contribution in [3.05, 3.63) is 46.9 Å². The van der Waals surface area contributed by atoms with Crippen LogP contribution in [0.15, 0.2) is 51.8 Å². The molecule has 27 heavy (non-hydrogen) atoms. The second-order valence-corrected chi connectivity index (χ2v) is 8.88. The van der Waals surface area contributed by atoms with Gasteiger partial charge in [0.15, 0.2) is 0 Å². The quantitative estimate of drug-likeness (QED) is 0.669. The fourth-order valence-corrected chi connectivity index (χ4v) is 4.96. The highest BCUT2D eigenvalue weighted by atomic mass is 79.9. The summed E-state index contributed by atoms with van der Waals surface area (Å²) < 4.78 is 39.2. The highest BCUT2D eigenvalue weighted by molar-refractivity contribution is 9.10. The maximum absolute atomic E-state index is 13.0. The lowest BCUT2D eigenvalue weighted by Gasteiger charge is -2.36. The summed E-state index contributed by atoms with van der Waals surface area (Å²) in [4.78, 5) is 2.41. The van der Waals surface area contributed by atoms with Gasteiger partial charge in [-0.25, -0.2) is 8.42 Å². The first-order valence-corrected chi connectivity index (χ1v) is 11.0. The van der Waals surface area contributed by atoms with Crippen LogP contribution in [-0.2, 0) is 10.0 Å². The number of ether oxygens (including phenoxy) is 2. The topological polar surface area (TPSA) is 59.1 Å². The van der Waals surface area contributed by atoms with Crippen LogP contribution in [0, 0.1) is 0 Å². The molecule has 3 rings (SSSR count). The summed E-state index contributed by atoms with van der Waals surface area (Å²) in [7, 11) is -2.04. The van der Waals surface area contributed by atoms with E-state index in [0.29, 0.717) is 38.5 Å². The number of para-hydroxylation sites is 2. The first kappa shape index (κ1) is 20.0. The Morgan fingerprint density at radius 1 is 1.04 bits per heavy atom. The number of rotatable bonds is 6. The van der Waals surface area contributed by atoms with E-state index in [1.807, 2.05) is 31.2 Å². The van der Waals surface area contributed by atoms with Crippen LogP contribution >= 0.6 is 15.9 Å². The van der Waals surface area contributed by atoms with E-state index in [-0.39, 0.29) is 4.90 Å². The number of hydrogen-bond acceptors (Lipinski definition) is 5. The van der Waals surface area contributed by atoms with Crippen molar-refractivity contribution in [3.63, 3.8) is 0 Å². The van der Waals surface area contributed by atoms with Crippen molar-refractivity contribution in [1.82, 2.24) is 4.31 Å². The average Bonchev–Trinajstić information content (AvgIpc) is 2.69. The summed E-state index contributed by atoms with van der Waals surface area (Å²) in [6.07, 6.45) is 0. The van der Waals surface area contributed by atoms with Crippen LogP contribution in [-0.4, -0.2) is 52.6 Å². The third-order valence-electron chi connectivity index (χ3n) is 4.50. The SMILES string of the molecule is CCOc1ccccc1N1CCN(S(=O)(=O)c2ccc(Br)c(OC)c2)CC1. The first-order valence-electron chi connectivity index (χ1n) is 8.78. The Labute approximate surface area is 168 Å². The molecule has 2 aromatic carbocycles. The Morgan fingerprint density at radius 2 is 1.74 bits per heavy atom. The van der Waals surface area contributed by atoms with Crippen LogP contribution in [0.2, 0.25) is 0 Å². The van der Waals surface area contributed by atoms with E-state index in [9.17, 15) is 8.42 Å². The third-order valence-corrected chi connectivity index (χ3v) is 7.05. The van der Waals surface area contributed by atoms with Gasteiger partial charge in [-0.1, -0.05) is 12.1 Å². The van der Waals surface area contributed by atoms with Gasteiger partial charge in [0.05, 0.1) is 28.8 Å². The van der Waals surface area contributed by atoms with Gasteiger partial charge < -0.3 is 14.4 Å². The molecule has 0 aliphatic carbocycles. The fourth-order valence-electron chi connectivity index (χ4n) is 3.11. The number of anilines is 1. The van der Waals surface area contributed by atoms with Gasteiger partial charge in [0.1, 0.15) is 11.5 Å². The van der Waals surface area contributed by atoms with Gasteiger partial charge in [-0.05, 0) is 47.1 Å². The van der Waals surface area contributed by atoms with Crippen LogP contribution in [0.4, 0.5) is 5.69 Å². The predicted octanol–water partition coefficient (Wildman–Crippen LogP) is 3.37. The Hall–Kier alpha value is -1.77. The summed E-state index contributed by atoms with van der Waals surface area (Å²) in [6, 6.07) is 12.7. The smallest absolute Gasteiger partial charge is 0.243 e. The Morgan fingerprint density at radius 3 is 2.41 bits per heavy atom. The highest BCUT2D eigenvalue weighted by Crippen LogP contribution is 2.31. The average molecular weight is 455 g/mol. The van der Waals surface area contributed by atoms with Gasteiger partial charge in [0.25, 0.3) is 0 Å². The standard InChI is InChI=1S/C19H23BrN2O4S/c1-3-26-18-7-5-4-6-17(18)21-10-12-22(13-11-21)27(23,24)15-8-9-16(20)19(14-15)25-2/h4-9,14H,3,10-13H2,1-2H3. The lowest BCUT2D eigenvalue weighted by Crippen LogP contribution is -2.48. The van der Waals surface area contributed by atoms with Crippen molar-refractivity contribution < 1.29 is 17.9 Å². The van der Waals surface area contributed by atoms with Crippen LogP contribution in [0.25, 0.3) is 0 Å². The minimum absolute atomic E-state index is 0.241. The Kier molecular flexibility index (Phi) is 6.29. The second-order valence-electron chi connectivity index (χ2n) is 6.09. The zero-order valence-corrected chi connectivity index (χ0v) is 17.8. The molecular weight excluding hydrogens is 432 g/mol. The first-order chi connectivity index (χ1) is 13.0. The molecule has 8 heteroatoms. The van der Waals surface area contributed by atoms with Gasteiger partial charge in [0, 0.05) is 32.2 Å². The number of hydrogen-bond donors (Lipinski definition) is 0. The molecule has 0 amide bonds. The molecule has 0 radical (unpaired) electrons. The molecule has 1 heterocycles. The molecule has 0 saturated carbocycles. The summed E-state index contributed by atoms with van der Waals surface area (Å²) in [5, 5.41) is 0. The maximum atomic E-state index is 13.0. The molecular formula is C19H23BrN2O4S. The summed E-state index contributed by atoms with van der Waals surface area (Å²) in [5.41, 5.74) is 1.00. The van der Waals surface area contributed by atoms with Crippen molar-refractivity contribution in [3.8, 4) is 11.5 Å². The second kappa shape index (κ2) is 8.50. The van der Waals surface area contributed by atoms with E-state index in [2.05, 4.69) is 20.8 Å². The van der Waals surface area contributed by atoms with E-state index < -0.39 is 10.0 Å². The lowest BCUT2D eigenvalue weighted by molar-refractivity contribution is 0.336. The van der Waals surface area contributed by atoms with Crippen molar-refractivity contribution >= 4 is 31.6 Å². The minimum atomic E-state index is -3.56. The van der Waals surface area contributed by atoms with E-state index in [1.165, 1.54) is 11.4 Å². The minimum Gasteiger partial charge on any atom is -0.496 e. The number of halogens is 1. The van der Waals surface area contributed by atoms with Crippen LogP contribution in [0.1, 0.15) is 6.92 Å². The summed E-state index contributed by atoms with van der Waals surface area (Å²) in [5.74, 6) is 1.33. The molecule has 1 aliphatic heterocycles. The molecule has 0 bridgehead atoms. The van der Waals surface area contributed by atoms with Crippen molar-refractivity contribution in [2.75, 3.05) is 44.8 Å². The Bertz CT molecular complexity index is 896. The molecule has 0 aromatic heterocycles. The number of piperazine rings is 1. The number of nitrogens with zero attached hydrogens (tertiary/aromatic N) is 2. The zero-order chi connectivity index (χ0) is 19.4. The van der Waals surface area contributed by atoms with E-state index in [0.717, 1.165) is 15.9 Å². The monoisotopic (exact) mass is 454 g/mol. The largest absolute Gasteiger partial charge is 0.496 e. The Balaban J connectivity index is 1.75. The van der Waals surface area contributed by atoms with Crippen molar-refractivity contribution in [2.45, 2.75) is 11.8 Å². The van der Waals surface area contributed by atoms with E-state index in [1.54, 1.807) is 18.2 Å². The molecule has 0 spiro atoms. The molecule has 1 fully saturated rings. The number of sulfonamides is 1. The molecule has 1 saturated heterocycles. The van der Waals surface area contributed by atoms with Gasteiger partial charge in [-0.2, -0.15) is 4.31 Å². The summed E-state index contributed by atoms with van der Waals surface area (Å²) >= 11 is 3.35. The fraction of sp³-hybridized carbons (Fsp3) is 0.368. The molecule has 0 atom stereocenters. The molecule has 6 nitrogen and oxygen atoms in total. The van der Waals surface area contributed by atoms with Gasteiger partial charge in [-0.3, -0.25) is 0 Å². The molecule has 2 aromatic rings. The molecule has 0 unspecified atom stereocenters. The van der Waals surface area contributed by atoms with E-state index in [4.69, 9.17) is 9.47 Å². The molecule has 146 valence electrons. The van der Waals surface area contributed by atoms with Crippen molar-refractivity contribution in [1.29, 1.82) is 0 Å². The van der Waals surface area contributed by atoms with Gasteiger partial charge in [-0.15, -0.1) is 0 Å². The van der Waals surface area contributed by atoms with Gasteiger partial charge >= 0.3 is 0 Å². The van der Waals surface area contributed by atoms with Gasteiger partial charge in [0.2, 0.25) is 10.0 Å². The highest BCUT2D eigenvalue weighted by Gasteiger charge is 2.29. The van der Waals surface area contributed by atoms with E-state index >= 15 is 0 Å². The number of methoxy groups -OCH3 is 1.